The summed E-state index contributed by atoms with van der Waals surface area (Å²) < 4.78 is 0. The van der Waals surface area contributed by atoms with Crippen LogP contribution in [0.2, 0.25) is 0 Å². The van der Waals surface area contributed by atoms with E-state index in [4.69, 9.17) is 5.73 Å². The minimum absolute atomic E-state index is 0.0810. The molecule has 0 bridgehead atoms. The Morgan fingerprint density at radius 1 is 1.57 bits per heavy atom. The van der Waals surface area contributed by atoms with Crippen LogP contribution in [0.25, 0.3) is 0 Å². The number of nitrogen functional groups attached to an aromatic ring is 1. The molecule has 0 aromatic heterocycles. The van der Waals surface area contributed by atoms with Crippen LogP contribution in [-0.2, 0) is 0 Å². The molecule has 5 heteroatoms. The molecule has 74 valence electrons. The van der Waals surface area contributed by atoms with Gasteiger partial charge in [0.25, 0.3) is 5.69 Å². The summed E-state index contributed by atoms with van der Waals surface area (Å²) in [5, 5.41) is 10.6. The fraction of sp³-hybridized carbons (Fsp3) is 0.222. The molecule has 0 unspecified atom stereocenters. The Kier molecular flexibility index (Phi) is 2.81. The Morgan fingerprint density at radius 2 is 2.21 bits per heavy atom. The van der Waals surface area contributed by atoms with Gasteiger partial charge in [0.2, 0.25) is 0 Å². The van der Waals surface area contributed by atoms with E-state index in [9.17, 15) is 14.9 Å². The molecule has 0 aliphatic rings. The molecule has 1 aromatic carbocycles. The number of carbonyl (C=O) groups excluding carboxylic acids is 1. The second-order valence-corrected chi connectivity index (χ2v) is 2.81. The van der Waals surface area contributed by atoms with E-state index < -0.39 is 4.92 Å². The van der Waals surface area contributed by atoms with Crippen molar-refractivity contribution < 1.29 is 9.72 Å². The molecule has 0 amide bonds. The van der Waals surface area contributed by atoms with Crippen LogP contribution in [0.5, 0.6) is 0 Å². The van der Waals surface area contributed by atoms with Crippen molar-refractivity contribution in [3.8, 4) is 0 Å². The normalized spacial score (nSPS) is 9.79. The molecular weight excluding hydrogens is 184 g/mol. The van der Waals surface area contributed by atoms with Crippen molar-refractivity contribution in [1.29, 1.82) is 0 Å². The van der Waals surface area contributed by atoms with E-state index in [1.165, 1.54) is 18.2 Å². The number of nitro groups is 1. The average molecular weight is 194 g/mol. The predicted octanol–water partition coefficient (Wildman–Crippen LogP) is 1.77. The lowest BCUT2D eigenvalue weighted by atomic mass is 10.1. The molecule has 0 aliphatic carbocycles. The Bertz CT molecular complexity index is 388. The minimum Gasteiger partial charge on any atom is -0.399 e. The number of ketones is 1. The number of Topliss-reactive ketones (excluding diaryl/α,β-unsaturated/α-hetero) is 1. The third-order valence-electron chi connectivity index (χ3n) is 1.84. The van der Waals surface area contributed by atoms with Crippen LogP contribution in [0.4, 0.5) is 11.4 Å². The highest BCUT2D eigenvalue weighted by Gasteiger charge is 2.18. The zero-order valence-corrected chi connectivity index (χ0v) is 7.69. The number of nitrogens with two attached hydrogens (primary N) is 1. The van der Waals surface area contributed by atoms with Gasteiger partial charge >= 0.3 is 0 Å². The van der Waals surface area contributed by atoms with Gasteiger partial charge in [-0.25, -0.2) is 0 Å². The largest absolute Gasteiger partial charge is 0.399 e. The van der Waals surface area contributed by atoms with Crippen molar-refractivity contribution in [3.05, 3.63) is 33.9 Å². The number of benzene rings is 1. The van der Waals surface area contributed by atoms with Crippen LogP contribution in [0, 0.1) is 10.1 Å². The monoisotopic (exact) mass is 194 g/mol. The van der Waals surface area contributed by atoms with Gasteiger partial charge in [0.05, 0.1) is 10.5 Å². The van der Waals surface area contributed by atoms with Crippen LogP contribution in [-0.4, -0.2) is 10.7 Å². The van der Waals surface area contributed by atoms with E-state index in [0.29, 0.717) is 5.69 Å². The number of carbonyl (C=O) groups is 1. The van der Waals surface area contributed by atoms with Crippen LogP contribution in [0.15, 0.2) is 18.2 Å². The maximum Gasteiger partial charge on any atom is 0.280 e. The molecule has 0 aliphatic heterocycles. The molecule has 5 nitrogen and oxygen atoms in total. The fourth-order valence-electron chi connectivity index (χ4n) is 1.13. The summed E-state index contributed by atoms with van der Waals surface area (Å²) in [5.74, 6) is -0.274. The number of nitrogens with zero attached hydrogens (tertiary/aromatic N) is 1. The van der Waals surface area contributed by atoms with Crippen molar-refractivity contribution in [2.45, 2.75) is 13.3 Å². The number of hydrogen-bond donors (Lipinski definition) is 1. The van der Waals surface area contributed by atoms with Crippen molar-refractivity contribution in [2.24, 2.45) is 0 Å². The Balaban J connectivity index is 3.29. The molecule has 0 radical (unpaired) electrons. The summed E-state index contributed by atoms with van der Waals surface area (Å²) >= 11 is 0. The molecule has 0 heterocycles. The van der Waals surface area contributed by atoms with Crippen LogP contribution in [0.3, 0.4) is 0 Å². The summed E-state index contributed by atoms with van der Waals surface area (Å²) in [7, 11) is 0. The summed E-state index contributed by atoms with van der Waals surface area (Å²) in [6, 6.07) is 3.99. The first-order chi connectivity index (χ1) is 6.56. The van der Waals surface area contributed by atoms with Crippen LogP contribution < -0.4 is 5.73 Å². The molecule has 0 atom stereocenters. The van der Waals surface area contributed by atoms with E-state index in [2.05, 4.69) is 0 Å². The standard InChI is InChI=1S/C9H10N2O3/c1-2-9(12)7-5-6(10)3-4-8(7)11(13)14/h3-5H,2,10H2,1H3. The highest BCUT2D eigenvalue weighted by atomic mass is 16.6. The summed E-state index contributed by atoms with van der Waals surface area (Å²) in [6.45, 7) is 1.65. The molecule has 0 saturated carbocycles. The first-order valence-corrected chi connectivity index (χ1v) is 4.13. The van der Waals surface area contributed by atoms with Gasteiger partial charge in [-0.3, -0.25) is 14.9 Å². The second kappa shape index (κ2) is 3.87. The number of anilines is 1. The van der Waals surface area contributed by atoms with Crippen LogP contribution in [0.1, 0.15) is 23.7 Å². The summed E-state index contributed by atoms with van der Waals surface area (Å²) in [6.07, 6.45) is 0.226. The molecule has 2 N–H and O–H groups in total. The molecular formula is C9H10N2O3. The molecule has 0 fully saturated rings. The lowest BCUT2D eigenvalue weighted by Gasteiger charge is -2.01. The van der Waals surface area contributed by atoms with Gasteiger partial charge in [0.15, 0.2) is 5.78 Å². The number of hydrogen-bond acceptors (Lipinski definition) is 4. The fourth-order valence-corrected chi connectivity index (χ4v) is 1.13. The molecule has 14 heavy (non-hydrogen) atoms. The Labute approximate surface area is 80.7 Å². The Hall–Kier alpha value is -1.91. The van der Waals surface area contributed by atoms with Crippen molar-refractivity contribution in [3.63, 3.8) is 0 Å². The lowest BCUT2D eigenvalue weighted by Crippen LogP contribution is -2.03. The van der Waals surface area contributed by atoms with Gasteiger partial charge in [0.1, 0.15) is 0 Å². The maximum atomic E-state index is 11.3. The number of rotatable bonds is 3. The van der Waals surface area contributed by atoms with Crippen molar-refractivity contribution in [2.75, 3.05) is 5.73 Å². The van der Waals surface area contributed by atoms with E-state index in [1.54, 1.807) is 6.92 Å². The predicted molar refractivity (Wildman–Crippen MR) is 52.1 cm³/mol. The van der Waals surface area contributed by atoms with Gasteiger partial charge < -0.3 is 5.73 Å². The molecule has 1 rings (SSSR count). The highest BCUT2D eigenvalue weighted by Crippen LogP contribution is 2.22. The first kappa shape index (κ1) is 10.2. The number of nitro benzene ring substituents is 1. The van der Waals surface area contributed by atoms with E-state index >= 15 is 0 Å². The van der Waals surface area contributed by atoms with Gasteiger partial charge in [0, 0.05) is 18.2 Å². The quantitative estimate of drug-likeness (QED) is 0.344. The SMILES string of the molecule is CCC(=O)c1cc(N)ccc1[N+](=O)[O-]. The maximum absolute atomic E-state index is 11.3. The molecule has 0 saturated heterocycles. The zero-order valence-electron chi connectivity index (χ0n) is 7.69. The zero-order chi connectivity index (χ0) is 10.7. The Morgan fingerprint density at radius 3 is 2.71 bits per heavy atom. The van der Waals surface area contributed by atoms with E-state index in [1.807, 2.05) is 0 Å². The summed E-state index contributed by atoms with van der Waals surface area (Å²) in [5.41, 5.74) is 5.69. The molecule has 0 spiro atoms. The minimum atomic E-state index is -0.581. The highest BCUT2D eigenvalue weighted by molar-refractivity contribution is 6.00. The van der Waals surface area contributed by atoms with Crippen LogP contribution >= 0.6 is 0 Å². The van der Waals surface area contributed by atoms with Crippen molar-refractivity contribution in [1.82, 2.24) is 0 Å². The van der Waals surface area contributed by atoms with Gasteiger partial charge in [-0.1, -0.05) is 6.92 Å². The molecule has 1 aromatic rings. The lowest BCUT2D eigenvalue weighted by molar-refractivity contribution is -0.385. The topological polar surface area (TPSA) is 86.2 Å². The first-order valence-electron chi connectivity index (χ1n) is 4.13. The van der Waals surface area contributed by atoms with E-state index in [0.717, 1.165) is 0 Å². The van der Waals surface area contributed by atoms with Gasteiger partial charge in [-0.15, -0.1) is 0 Å². The summed E-state index contributed by atoms with van der Waals surface area (Å²) in [4.78, 5) is 21.3. The van der Waals surface area contributed by atoms with Crippen molar-refractivity contribution >= 4 is 17.2 Å². The third kappa shape index (κ3) is 1.87. The van der Waals surface area contributed by atoms with Gasteiger partial charge in [-0.2, -0.15) is 0 Å². The second-order valence-electron chi connectivity index (χ2n) is 2.81. The van der Waals surface area contributed by atoms with E-state index in [-0.39, 0.29) is 23.5 Å². The van der Waals surface area contributed by atoms with Gasteiger partial charge in [-0.05, 0) is 12.1 Å². The smallest absolute Gasteiger partial charge is 0.280 e. The average Bonchev–Trinajstić information content (AvgIpc) is 2.16. The third-order valence-corrected chi connectivity index (χ3v) is 1.84.